The van der Waals surface area contributed by atoms with E-state index >= 15 is 0 Å². The number of carbonyl (C=O) groups excluding carboxylic acids is 1. The maximum atomic E-state index is 12.1. The number of thiazole rings is 1. The molecule has 0 aromatic carbocycles. The van der Waals surface area contributed by atoms with Crippen molar-refractivity contribution < 1.29 is 4.79 Å². The molecule has 8 nitrogen and oxygen atoms in total. The van der Waals surface area contributed by atoms with E-state index < -0.39 is 11.5 Å². The highest BCUT2D eigenvalue weighted by Crippen LogP contribution is 2.08. The predicted molar refractivity (Wildman–Crippen MR) is 71.6 cm³/mol. The van der Waals surface area contributed by atoms with Crippen LogP contribution in [-0.4, -0.2) is 30.5 Å². The second-order valence-corrected chi connectivity index (χ2v) is 4.97. The minimum atomic E-state index is -0.494. The van der Waals surface area contributed by atoms with E-state index in [0.717, 1.165) is 0 Å². The van der Waals surface area contributed by atoms with Gasteiger partial charge < -0.3 is 5.32 Å². The Bertz CT molecular complexity index is 806. The lowest BCUT2D eigenvalue weighted by Crippen LogP contribution is -2.33. The summed E-state index contributed by atoms with van der Waals surface area (Å²) in [5, 5.41) is 10.8. The highest BCUT2D eigenvalue weighted by Gasteiger charge is 2.17. The molecular weight excluding hydrogens is 280 g/mol. The molecule has 0 radical (unpaired) electrons. The van der Waals surface area contributed by atoms with Crippen molar-refractivity contribution in [1.82, 2.24) is 29.9 Å². The van der Waals surface area contributed by atoms with Gasteiger partial charge in [0.1, 0.15) is 17.7 Å². The smallest absolute Gasteiger partial charge is 0.271 e. The number of nitrogens with zero attached hydrogens (tertiary/aromatic N) is 4. The van der Waals surface area contributed by atoms with Crippen molar-refractivity contribution in [2.24, 2.45) is 0 Å². The number of carbonyl (C=O) groups is 1. The Morgan fingerprint density at radius 2 is 2.35 bits per heavy atom. The minimum absolute atomic E-state index is 0.00716. The maximum absolute atomic E-state index is 12.1. The summed E-state index contributed by atoms with van der Waals surface area (Å²) in [7, 11) is 0. The zero-order chi connectivity index (χ0) is 14.1. The Labute approximate surface area is 116 Å². The van der Waals surface area contributed by atoms with E-state index in [-0.39, 0.29) is 11.6 Å². The molecule has 9 heteroatoms. The highest BCUT2D eigenvalue weighted by atomic mass is 32.1. The normalized spacial score (nSPS) is 12.4. The molecule has 3 aromatic rings. The van der Waals surface area contributed by atoms with Gasteiger partial charge in [0.05, 0.1) is 6.04 Å². The molecule has 0 aliphatic carbocycles. The van der Waals surface area contributed by atoms with Crippen LogP contribution in [0.5, 0.6) is 0 Å². The fraction of sp³-hybridized carbons (Fsp3) is 0.182. The fourth-order valence-corrected chi connectivity index (χ4v) is 2.42. The summed E-state index contributed by atoms with van der Waals surface area (Å²) in [6.07, 6.45) is 4.23. The number of rotatable bonds is 3. The number of hydrogen-bond donors (Lipinski definition) is 2. The van der Waals surface area contributed by atoms with Crippen LogP contribution < -0.4 is 10.9 Å². The number of amides is 1. The second-order valence-electron chi connectivity index (χ2n) is 4.10. The quantitative estimate of drug-likeness (QED) is 0.725. The van der Waals surface area contributed by atoms with Crippen LogP contribution >= 0.6 is 11.3 Å². The average Bonchev–Trinajstić information content (AvgIpc) is 3.10. The third-order valence-corrected chi connectivity index (χ3v) is 3.55. The minimum Gasteiger partial charge on any atom is -0.342 e. The Morgan fingerprint density at radius 3 is 3.10 bits per heavy atom. The summed E-state index contributed by atoms with van der Waals surface area (Å²) in [6, 6.07) is -0.382. The number of hydrogen-bond acceptors (Lipinski definition) is 6. The van der Waals surface area contributed by atoms with Gasteiger partial charge in [-0.3, -0.25) is 19.1 Å². The Balaban J connectivity index is 1.89. The topological polar surface area (TPSA) is 105 Å². The van der Waals surface area contributed by atoms with Crippen LogP contribution in [0.1, 0.15) is 29.1 Å². The van der Waals surface area contributed by atoms with Crippen LogP contribution in [0.3, 0.4) is 0 Å². The van der Waals surface area contributed by atoms with Gasteiger partial charge in [-0.25, -0.2) is 9.97 Å². The largest absolute Gasteiger partial charge is 0.342 e. The van der Waals surface area contributed by atoms with Gasteiger partial charge in [-0.05, 0) is 6.92 Å². The molecule has 1 unspecified atom stereocenters. The summed E-state index contributed by atoms with van der Waals surface area (Å²) < 4.78 is 1.35. The van der Waals surface area contributed by atoms with Crippen LogP contribution in [0.15, 0.2) is 28.9 Å². The first-order chi connectivity index (χ1) is 9.66. The molecule has 102 valence electrons. The van der Waals surface area contributed by atoms with Crippen molar-refractivity contribution >= 4 is 22.2 Å². The first-order valence-electron chi connectivity index (χ1n) is 5.78. The van der Waals surface area contributed by atoms with Crippen LogP contribution in [-0.2, 0) is 0 Å². The Hall–Kier alpha value is -2.55. The van der Waals surface area contributed by atoms with Gasteiger partial charge >= 0.3 is 0 Å². The van der Waals surface area contributed by atoms with Crippen molar-refractivity contribution in [2.45, 2.75) is 13.0 Å². The molecule has 0 saturated carbocycles. The number of aromatic nitrogens is 5. The molecule has 2 N–H and O–H groups in total. The molecule has 3 rings (SSSR count). The van der Waals surface area contributed by atoms with Crippen molar-refractivity contribution in [2.75, 3.05) is 0 Å². The lowest BCUT2D eigenvalue weighted by molar-refractivity contribution is 0.0936. The van der Waals surface area contributed by atoms with Gasteiger partial charge in [-0.2, -0.15) is 5.10 Å². The van der Waals surface area contributed by atoms with Crippen molar-refractivity contribution in [1.29, 1.82) is 0 Å². The predicted octanol–water partition coefficient (Wildman–Crippen LogP) is 0.365. The highest BCUT2D eigenvalue weighted by molar-refractivity contribution is 7.15. The van der Waals surface area contributed by atoms with E-state index in [1.165, 1.54) is 28.3 Å². The summed E-state index contributed by atoms with van der Waals surface area (Å²) in [4.78, 5) is 32.8. The number of aromatic amines is 1. The lowest BCUT2D eigenvalue weighted by Gasteiger charge is -2.10. The van der Waals surface area contributed by atoms with Crippen LogP contribution in [0.2, 0.25) is 0 Å². The number of fused-ring (bicyclic) bond motifs is 1. The van der Waals surface area contributed by atoms with Crippen molar-refractivity contribution in [3.05, 3.63) is 45.8 Å². The van der Waals surface area contributed by atoms with E-state index in [0.29, 0.717) is 10.8 Å². The summed E-state index contributed by atoms with van der Waals surface area (Å²) in [5.41, 5.74) is -0.397. The molecule has 0 aliphatic heterocycles. The maximum Gasteiger partial charge on any atom is 0.271 e. The standard InChI is InChI=1S/C11H10N6O2S/c1-6(8-13-5-14-16-8)15-9(18)7-4-12-11-17(10(7)19)2-3-20-11/h2-6H,1H3,(H,15,18)(H,13,14,16). The zero-order valence-corrected chi connectivity index (χ0v) is 11.2. The monoisotopic (exact) mass is 290 g/mol. The third-order valence-electron chi connectivity index (χ3n) is 2.78. The van der Waals surface area contributed by atoms with E-state index in [1.807, 2.05) is 0 Å². The third kappa shape index (κ3) is 2.07. The molecular formula is C11H10N6O2S. The fourth-order valence-electron chi connectivity index (χ4n) is 1.75. The van der Waals surface area contributed by atoms with E-state index in [9.17, 15) is 9.59 Å². The summed E-state index contributed by atoms with van der Waals surface area (Å²) in [6.45, 7) is 1.74. The average molecular weight is 290 g/mol. The number of H-pyrrole nitrogens is 1. The van der Waals surface area contributed by atoms with Gasteiger partial charge in [-0.1, -0.05) is 0 Å². The first kappa shape index (κ1) is 12.5. The summed E-state index contributed by atoms with van der Waals surface area (Å²) in [5.74, 6) is 0.0232. The van der Waals surface area contributed by atoms with Gasteiger partial charge in [0.15, 0.2) is 4.96 Å². The van der Waals surface area contributed by atoms with Crippen molar-refractivity contribution in [3.63, 3.8) is 0 Å². The molecule has 0 saturated heterocycles. The van der Waals surface area contributed by atoms with Crippen LogP contribution in [0.25, 0.3) is 4.96 Å². The molecule has 1 amide bonds. The van der Waals surface area contributed by atoms with E-state index in [1.54, 1.807) is 18.5 Å². The van der Waals surface area contributed by atoms with Gasteiger partial charge in [0.25, 0.3) is 11.5 Å². The van der Waals surface area contributed by atoms with Gasteiger partial charge in [0, 0.05) is 17.8 Å². The molecule has 3 aromatic heterocycles. The zero-order valence-electron chi connectivity index (χ0n) is 10.4. The summed E-state index contributed by atoms with van der Waals surface area (Å²) >= 11 is 1.33. The first-order valence-corrected chi connectivity index (χ1v) is 6.66. The molecule has 0 aliphatic rings. The SMILES string of the molecule is CC(NC(=O)c1cnc2sccn2c1=O)c1ncn[nH]1. The molecule has 0 spiro atoms. The van der Waals surface area contributed by atoms with E-state index in [2.05, 4.69) is 25.5 Å². The second kappa shape index (κ2) is 4.85. The van der Waals surface area contributed by atoms with Crippen LogP contribution in [0, 0.1) is 0 Å². The van der Waals surface area contributed by atoms with Gasteiger partial charge in [-0.15, -0.1) is 11.3 Å². The van der Waals surface area contributed by atoms with E-state index in [4.69, 9.17) is 0 Å². The number of nitrogens with one attached hydrogen (secondary N) is 2. The molecule has 20 heavy (non-hydrogen) atoms. The lowest BCUT2D eigenvalue weighted by atomic mass is 10.2. The van der Waals surface area contributed by atoms with Crippen molar-refractivity contribution in [3.8, 4) is 0 Å². The molecule has 3 heterocycles. The van der Waals surface area contributed by atoms with Gasteiger partial charge in [0.2, 0.25) is 0 Å². The molecule has 0 fully saturated rings. The van der Waals surface area contributed by atoms with Crippen LogP contribution in [0.4, 0.5) is 0 Å². The Morgan fingerprint density at radius 1 is 1.50 bits per heavy atom. The Kier molecular flexibility index (Phi) is 3.03. The molecule has 1 atom stereocenters. The molecule has 0 bridgehead atoms.